The van der Waals surface area contributed by atoms with Crippen molar-refractivity contribution in [1.82, 2.24) is 9.97 Å². The number of methoxy groups -OCH3 is 1. The van der Waals surface area contributed by atoms with E-state index in [0.29, 0.717) is 24.6 Å². The fourth-order valence-electron chi connectivity index (χ4n) is 3.54. The van der Waals surface area contributed by atoms with Gasteiger partial charge in [-0.15, -0.1) is 0 Å². The van der Waals surface area contributed by atoms with Crippen molar-refractivity contribution in [2.75, 3.05) is 36.3 Å². The number of amides is 1. The summed E-state index contributed by atoms with van der Waals surface area (Å²) in [6.07, 6.45) is 2.28. The van der Waals surface area contributed by atoms with Crippen LogP contribution in [-0.2, 0) is 9.53 Å². The van der Waals surface area contributed by atoms with Gasteiger partial charge in [-0.05, 0) is 74.2 Å². The summed E-state index contributed by atoms with van der Waals surface area (Å²) < 4.78 is 25.5. The molecule has 35 heavy (non-hydrogen) atoms. The van der Waals surface area contributed by atoms with E-state index in [4.69, 9.17) is 9.47 Å². The third kappa shape index (κ3) is 6.13. The molecule has 0 saturated heterocycles. The van der Waals surface area contributed by atoms with E-state index >= 15 is 0 Å². The minimum atomic E-state index is -0.612. The molecule has 0 saturated carbocycles. The number of nitrogens with zero attached hydrogens (tertiary/aromatic N) is 2. The number of anilines is 5. The van der Waals surface area contributed by atoms with E-state index in [1.807, 2.05) is 27.7 Å². The Kier molecular flexibility index (Phi) is 8.38. The monoisotopic (exact) mass is 479 g/mol. The molecule has 3 rings (SSSR count). The molecule has 184 valence electrons. The number of aromatic nitrogens is 2. The Balaban J connectivity index is 1.86. The largest absolute Gasteiger partial charge is 0.491 e. The molecular formula is C26H30FN5O3. The molecule has 0 bridgehead atoms. The maximum atomic E-state index is 14.5. The number of hydrogen-bond acceptors (Lipinski definition) is 7. The Morgan fingerprint density at radius 1 is 1.06 bits per heavy atom. The summed E-state index contributed by atoms with van der Waals surface area (Å²) in [5, 5.41) is 8.85. The second kappa shape index (κ2) is 11.4. The highest BCUT2D eigenvalue weighted by Gasteiger charge is 2.17. The molecule has 9 heteroatoms. The first-order valence-electron chi connectivity index (χ1n) is 11.1. The molecule has 0 radical (unpaired) electrons. The topological polar surface area (TPSA) is 97.4 Å². The maximum Gasteiger partial charge on any atom is 0.247 e. The van der Waals surface area contributed by atoms with Gasteiger partial charge in [0.25, 0.3) is 0 Å². The van der Waals surface area contributed by atoms with Crippen LogP contribution in [0.5, 0.6) is 5.75 Å². The number of hydrogen-bond donors (Lipinski definition) is 3. The van der Waals surface area contributed by atoms with E-state index in [-0.39, 0.29) is 17.7 Å². The first-order valence-corrected chi connectivity index (χ1v) is 11.1. The lowest BCUT2D eigenvalue weighted by Crippen LogP contribution is -2.10. The van der Waals surface area contributed by atoms with Crippen LogP contribution in [0.4, 0.5) is 33.2 Å². The van der Waals surface area contributed by atoms with E-state index in [1.165, 1.54) is 6.08 Å². The third-order valence-electron chi connectivity index (χ3n) is 5.65. The maximum absolute atomic E-state index is 14.5. The molecule has 0 aliphatic heterocycles. The summed E-state index contributed by atoms with van der Waals surface area (Å²) in [5.41, 5.74) is 5.87. The lowest BCUT2D eigenvalue weighted by Gasteiger charge is -2.21. The van der Waals surface area contributed by atoms with Gasteiger partial charge in [0.2, 0.25) is 11.9 Å². The summed E-state index contributed by atoms with van der Waals surface area (Å²) in [7, 11) is 1.63. The van der Waals surface area contributed by atoms with Gasteiger partial charge in [0, 0.05) is 24.2 Å². The predicted molar refractivity (Wildman–Crippen MR) is 137 cm³/mol. The SMILES string of the molecule is C=CC(=O)Nc1cccc(Nc2nc(Nc3c(C)c(C)c(OCCOC)c(C)c3C)ncc2F)c1. The number of rotatable bonds is 10. The molecule has 0 spiro atoms. The normalized spacial score (nSPS) is 10.6. The highest BCUT2D eigenvalue weighted by molar-refractivity contribution is 5.99. The van der Waals surface area contributed by atoms with Crippen molar-refractivity contribution in [3.05, 3.63) is 71.2 Å². The molecular weight excluding hydrogens is 449 g/mol. The quantitative estimate of drug-likeness (QED) is 0.261. The first-order chi connectivity index (χ1) is 16.7. The molecule has 0 aliphatic rings. The Bertz CT molecular complexity index is 1220. The van der Waals surface area contributed by atoms with E-state index in [2.05, 4.69) is 32.5 Å². The van der Waals surface area contributed by atoms with E-state index in [0.717, 1.165) is 39.9 Å². The third-order valence-corrected chi connectivity index (χ3v) is 5.65. The van der Waals surface area contributed by atoms with Gasteiger partial charge in [0.15, 0.2) is 11.6 Å². The van der Waals surface area contributed by atoms with Crippen LogP contribution < -0.4 is 20.7 Å². The zero-order valence-corrected chi connectivity index (χ0v) is 20.6. The number of nitrogens with one attached hydrogen (secondary N) is 3. The minimum Gasteiger partial charge on any atom is -0.491 e. The van der Waals surface area contributed by atoms with Crippen molar-refractivity contribution in [1.29, 1.82) is 0 Å². The van der Waals surface area contributed by atoms with Crippen molar-refractivity contribution in [3.8, 4) is 5.75 Å². The second-order valence-corrected chi connectivity index (χ2v) is 7.96. The van der Waals surface area contributed by atoms with Gasteiger partial charge in [0.05, 0.1) is 12.8 Å². The Labute approximate surface area is 204 Å². The van der Waals surface area contributed by atoms with Gasteiger partial charge < -0.3 is 25.4 Å². The molecule has 0 aliphatic carbocycles. The van der Waals surface area contributed by atoms with Gasteiger partial charge in [-0.1, -0.05) is 12.6 Å². The fraction of sp³-hybridized carbons (Fsp3) is 0.269. The molecule has 0 fully saturated rings. The number of ether oxygens (including phenoxy) is 2. The Morgan fingerprint density at radius 3 is 2.40 bits per heavy atom. The number of carbonyl (C=O) groups excluding carboxylic acids is 1. The van der Waals surface area contributed by atoms with Crippen molar-refractivity contribution in [3.63, 3.8) is 0 Å². The molecule has 1 aromatic heterocycles. The Hall–Kier alpha value is -3.98. The van der Waals surface area contributed by atoms with E-state index < -0.39 is 5.82 Å². The predicted octanol–water partition coefficient (Wildman–Crippen LogP) is 5.49. The van der Waals surface area contributed by atoms with Gasteiger partial charge in [-0.2, -0.15) is 4.98 Å². The minimum absolute atomic E-state index is 0.00188. The number of halogens is 1. The van der Waals surface area contributed by atoms with E-state index in [9.17, 15) is 9.18 Å². The molecule has 3 aromatic rings. The zero-order chi connectivity index (χ0) is 25.5. The standard InChI is InChI=1S/C26H30FN5O3/c1-7-22(33)29-19-9-8-10-20(13-19)30-25-21(27)14-28-26(32-25)31-23-15(2)17(4)24(18(5)16(23)3)35-12-11-34-6/h7-10,13-14H,1,11-12H2,2-6H3,(H,29,33)(H2,28,30,31,32). The van der Waals surface area contributed by atoms with Crippen LogP contribution in [0.15, 0.2) is 43.1 Å². The van der Waals surface area contributed by atoms with Gasteiger partial charge >= 0.3 is 0 Å². The van der Waals surface area contributed by atoms with Crippen LogP contribution in [0.25, 0.3) is 0 Å². The highest BCUT2D eigenvalue weighted by Crippen LogP contribution is 2.37. The number of benzene rings is 2. The summed E-state index contributed by atoms with van der Waals surface area (Å²) >= 11 is 0. The van der Waals surface area contributed by atoms with Crippen molar-refractivity contribution >= 4 is 34.7 Å². The van der Waals surface area contributed by atoms with Crippen LogP contribution in [0.3, 0.4) is 0 Å². The molecule has 8 nitrogen and oxygen atoms in total. The summed E-state index contributed by atoms with van der Waals surface area (Å²) in [6.45, 7) is 12.3. The van der Waals surface area contributed by atoms with Crippen LogP contribution in [-0.4, -0.2) is 36.2 Å². The smallest absolute Gasteiger partial charge is 0.247 e. The summed E-state index contributed by atoms with van der Waals surface area (Å²) in [5.74, 6) is 0.113. The molecule has 2 aromatic carbocycles. The fourth-order valence-corrected chi connectivity index (χ4v) is 3.54. The molecule has 3 N–H and O–H groups in total. The lowest BCUT2D eigenvalue weighted by molar-refractivity contribution is -0.111. The van der Waals surface area contributed by atoms with Crippen LogP contribution in [0, 0.1) is 33.5 Å². The van der Waals surface area contributed by atoms with Crippen LogP contribution in [0.2, 0.25) is 0 Å². The lowest BCUT2D eigenvalue weighted by atomic mass is 9.97. The number of carbonyl (C=O) groups is 1. The Morgan fingerprint density at radius 2 is 1.74 bits per heavy atom. The van der Waals surface area contributed by atoms with Crippen LogP contribution in [0.1, 0.15) is 22.3 Å². The average Bonchev–Trinajstić information content (AvgIpc) is 2.85. The second-order valence-electron chi connectivity index (χ2n) is 7.96. The molecule has 1 heterocycles. The summed E-state index contributed by atoms with van der Waals surface area (Å²) in [6, 6.07) is 6.85. The zero-order valence-electron chi connectivity index (χ0n) is 20.6. The van der Waals surface area contributed by atoms with Gasteiger partial charge in [-0.25, -0.2) is 9.37 Å². The molecule has 0 unspecified atom stereocenters. The van der Waals surface area contributed by atoms with Gasteiger partial charge in [-0.3, -0.25) is 4.79 Å². The molecule has 1 amide bonds. The summed E-state index contributed by atoms with van der Waals surface area (Å²) in [4.78, 5) is 20.0. The van der Waals surface area contributed by atoms with E-state index in [1.54, 1.807) is 31.4 Å². The first kappa shape index (κ1) is 25.6. The highest BCUT2D eigenvalue weighted by atomic mass is 19.1. The average molecular weight is 480 g/mol. The van der Waals surface area contributed by atoms with Crippen molar-refractivity contribution in [2.24, 2.45) is 0 Å². The van der Waals surface area contributed by atoms with Crippen molar-refractivity contribution < 1.29 is 18.7 Å². The van der Waals surface area contributed by atoms with Crippen molar-refractivity contribution in [2.45, 2.75) is 27.7 Å². The molecule has 0 atom stereocenters. The van der Waals surface area contributed by atoms with Crippen LogP contribution >= 0.6 is 0 Å². The van der Waals surface area contributed by atoms with Gasteiger partial charge in [0.1, 0.15) is 12.4 Å².